The van der Waals surface area contributed by atoms with Gasteiger partial charge in [-0.15, -0.1) is 5.92 Å². The second-order valence-corrected chi connectivity index (χ2v) is 3.53. The summed E-state index contributed by atoms with van der Waals surface area (Å²) in [5.41, 5.74) is 0. The minimum Gasteiger partial charge on any atom is -0.436 e. The second kappa shape index (κ2) is 9.98. The van der Waals surface area contributed by atoms with Crippen molar-refractivity contribution in [1.82, 2.24) is 10.2 Å². The summed E-state index contributed by atoms with van der Waals surface area (Å²) in [5.74, 6) is 5.39. The highest BCUT2D eigenvalue weighted by Gasteiger charge is 2.22. The maximum absolute atomic E-state index is 11.5. The number of carbonyl (C=O) groups is 1. The van der Waals surface area contributed by atoms with E-state index < -0.39 is 0 Å². The monoisotopic (exact) mass is 240 g/mol. The van der Waals surface area contributed by atoms with Gasteiger partial charge < -0.3 is 15.0 Å². The van der Waals surface area contributed by atoms with E-state index >= 15 is 0 Å². The van der Waals surface area contributed by atoms with E-state index in [9.17, 15) is 4.79 Å². The smallest absolute Gasteiger partial charge is 0.410 e. The quantitative estimate of drug-likeness (QED) is 0.749. The Balaban J connectivity index is 0.00000121. The molecule has 1 aliphatic rings. The lowest BCUT2D eigenvalue weighted by Gasteiger charge is -2.30. The van der Waals surface area contributed by atoms with Gasteiger partial charge in [0.25, 0.3) is 0 Å². The van der Waals surface area contributed by atoms with Crippen LogP contribution in [0.15, 0.2) is 0 Å². The molecule has 4 nitrogen and oxygen atoms in total. The molecule has 0 saturated carbocycles. The summed E-state index contributed by atoms with van der Waals surface area (Å²) in [6.07, 6.45) is 1.74. The van der Waals surface area contributed by atoms with Crippen molar-refractivity contribution < 1.29 is 9.53 Å². The maximum atomic E-state index is 11.5. The van der Waals surface area contributed by atoms with E-state index in [2.05, 4.69) is 17.2 Å². The van der Waals surface area contributed by atoms with Crippen molar-refractivity contribution in [3.8, 4) is 11.8 Å². The Morgan fingerprint density at radius 1 is 1.41 bits per heavy atom. The van der Waals surface area contributed by atoms with Crippen LogP contribution >= 0.6 is 0 Å². The number of ether oxygens (including phenoxy) is 1. The first-order valence-electron chi connectivity index (χ1n) is 6.26. The number of hydrogen-bond acceptors (Lipinski definition) is 3. The first kappa shape index (κ1) is 15.8. The fourth-order valence-corrected chi connectivity index (χ4v) is 1.61. The molecule has 0 aliphatic carbocycles. The molecule has 0 aromatic carbocycles. The summed E-state index contributed by atoms with van der Waals surface area (Å²) in [6.45, 7) is 7.46. The molecule has 1 aliphatic heterocycles. The summed E-state index contributed by atoms with van der Waals surface area (Å²) in [6, 6.07) is 0.532. The molecule has 0 aromatic rings. The highest BCUT2D eigenvalue weighted by molar-refractivity contribution is 5.67. The van der Waals surface area contributed by atoms with E-state index in [1.54, 1.807) is 11.8 Å². The third kappa shape index (κ3) is 6.18. The molecular formula is C13H24N2O2. The van der Waals surface area contributed by atoms with Crippen LogP contribution in [0.3, 0.4) is 0 Å². The van der Waals surface area contributed by atoms with Gasteiger partial charge >= 0.3 is 6.09 Å². The van der Waals surface area contributed by atoms with E-state index in [4.69, 9.17) is 4.74 Å². The van der Waals surface area contributed by atoms with Crippen LogP contribution in [0, 0.1) is 11.8 Å². The summed E-state index contributed by atoms with van der Waals surface area (Å²) >= 11 is 0. The molecule has 0 spiro atoms. The zero-order valence-corrected chi connectivity index (χ0v) is 11.4. The molecule has 0 bridgehead atoms. The highest BCUT2D eigenvalue weighted by atomic mass is 16.6. The molecular weight excluding hydrogens is 216 g/mol. The molecule has 0 unspecified atom stereocenters. The van der Waals surface area contributed by atoms with Gasteiger partial charge in [0, 0.05) is 19.1 Å². The number of nitrogens with zero attached hydrogens (tertiary/aromatic N) is 1. The van der Waals surface area contributed by atoms with Crippen LogP contribution in [-0.2, 0) is 4.74 Å². The van der Waals surface area contributed by atoms with Gasteiger partial charge in [-0.05, 0) is 26.8 Å². The lowest BCUT2D eigenvalue weighted by Crippen LogP contribution is -2.44. The van der Waals surface area contributed by atoms with Crippen molar-refractivity contribution in [1.29, 1.82) is 0 Å². The largest absolute Gasteiger partial charge is 0.436 e. The van der Waals surface area contributed by atoms with E-state index in [0.29, 0.717) is 6.04 Å². The van der Waals surface area contributed by atoms with Gasteiger partial charge in [-0.25, -0.2) is 4.79 Å². The number of rotatable bonds is 2. The van der Waals surface area contributed by atoms with Crippen molar-refractivity contribution in [2.24, 2.45) is 0 Å². The van der Waals surface area contributed by atoms with Gasteiger partial charge in [0.15, 0.2) is 6.61 Å². The standard InChI is InChI=1S/C11H18N2O2.C2H6/c1-3-4-9-15-11(14)13-7-5-10(12-2)6-8-13;1-2/h10,12H,5-9H2,1-2H3;1-2H3. The summed E-state index contributed by atoms with van der Waals surface area (Å²) in [5, 5.41) is 3.21. The molecule has 1 heterocycles. The minimum absolute atomic E-state index is 0.196. The number of piperidine rings is 1. The Bertz CT molecular complexity index is 260. The molecule has 17 heavy (non-hydrogen) atoms. The van der Waals surface area contributed by atoms with Crippen molar-refractivity contribution in [2.45, 2.75) is 39.7 Å². The van der Waals surface area contributed by atoms with Gasteiger partial charge in [-0.1, -0.05) is 19.8 Å². The molecule has 1 saturated heterocycles. The summed E-state index contributed by atoms with van der Waals surface area (Å²) in [4.78, 5) is 13.2. The number of nitrogens with one attached hydrogen (secondary N) is 1. The predicted octanol–water partition coefficient (Wildman–Crippen LogP) is 1.86. The molecule has 0 atom stereocenters. The Morgan fingerprint density at radius 3 is 2.47 bits per heavy atom. The van der Waals surface area contributed by atoms with Crippen LogP contribution in [0.4, 0.5) is 4.79 Å². The summed E-state index contributed by atoms with van der Waals surface area (Å²) in [7, 11) is 1.95. The molecule has 98 valence electrons. The van der Waals surface area contributed by atoms with Gasteiger partial charge in [0.2, 0.25) is 0 Å². The molecule has 0 aromatic heterocycles. The Hall–Kier alpha value is -1.21. The van der Waals surface area contributed by atoms with E-state index in [-0.39, 0.29) is 12.7 Å². The zero-order chi connectivity index (χ0) is 13.1. The lowest BCUT2D eigenvalue weighted by molar-refractivity contribution is 0.102. The van der Waals surface area contributed by atoms with Crippen LogP contribution in [0.1, 0.15) is 33.6 Å². The Labute approximate surface area is 105 Å². The number of likely N-dealkylation sites (tertiary alicyclic amines) is 1. The van der Waals surface area contributed by atoms with Crippen LogP contribution in [0.25, 0.3) is 0 Å². The SMILES string of the molecule is CC.CC#CCOC(=O)N1CCC(NC)CC1. The van der Waals surface area contributed by atoms with Crippen LogP contribution in [-0.4, -0.2) is 43.8 Å². The molecule has 4 heteroatoms. The summed E-state index contributed by atoms with van der Waals surface area (Å²) < 4.78 is 4.98. The Morgan fingerprint density at radius 2 is 2.00 bits per heavy atom. The van der Waals surface area contributed by atoms with Gasteiger partial charge in [0.05, 0.1) is 0 Å². The first-order chi connectivity index (χ1) is 8.27. The van der Waals surface area contributed by atoms with Crippen LogP contribution in [0.2, 0.25) is 0 Å². The molecule has 0 radical (unpaired) electrons. The lowest BCUT2D eigenvalue weighted by atomic mass is 10.1. The minimum atomic E-state index is -0.243. The van der Waals surface area contributed by atoms with E-state index in [1.807, 2.05) is 20.9 Å². The highest BCUT2D eigenvalue weighted by Crippen LogP contribution is 2.10. The Kier molecular flexibility index (Phi) is 9.27. The zero-order valence-electron chi connectivity index (χ0n) is 11.4. The topological polar surface area (TPSA) is 41.6 Å². The van der Waals surface area contributed by atoms with Crippen molar-refractivity contribution in [3.63, 3.8) is 0 Å². The van der Waals surface area contributed by atoms with Crippen LogP contribution < -0.4 is 5.32 Å². The van der Waals surface area contributed by atoms with Crippen molar-refractivity contribution in [3.05, 3.63) is 0 Å². The fourth-order valence-electron chi connectivity index (χ4n) is 1.61. The third-order valence-electron chi connectivity index (χ3n) is 2.61. The second-order valence-electron chi connectivity index (χ2n) is 3.53. The van der Waals surface area contributed by atoms with E-state index in [0.717, 1.165) is 25.9 Å². The molecule has 1 N–H and O–H groups in total. The maximum Gasteiger partial charge on any atom is 0.410 e. The van der Waals surface area contributed by atoms with Gasteiger partial charge in [-0.2, -0.15) is 0 Å². The van der Waals surface area contributed by atoms with E-state index in [1.165, 1.54) is 0 Å². The third-order valence-corrected chi connectivity index (χ3v) is 2.61. The molecule has 1 amide bonds. The molecule has 1 fully saturated rings. The number of hydrogen-bond donors (Lipinski definition) is 1. The van der Waals surface area contributed by atoms with Crippen molar-refractivity contribution in [2.75, 3.05) is 26.7 Å². The molecule has 1 rings (SSSR count). The number of amides is 1. The first-order valence-corrected chi connectivity index (χ1v) is 6.26. The average molecular weight is 240 g/mol. The van der Waals surface area contributed by atoms with Gasteiger partial charge in [0.1, 0.15) is 0 Å². The normalized spacial score (nSPS) is 15.2. The van der Waals surface area contributed by atoms with Crippen molar-refractivity contribution >= 4 is 6.09 Å². The number of carbonyl (C=O) groups excluding carboxylic acids is 1. The predicted molar refractivity (Wildman–Crippen MR) is 69.8 cm³/mol. The van der Waals surface area contributed by atoms with Gasteiger partial charge in [-0.3, -0.25) is 0 Å². The average Bonchev–Trinajstić information content (AvgIpc) is 2.41. The fraction of sp³-hybridized carbons (Fsp3) is 0.769. The van der Waals surface area contributed by atoms with Crippen LogP contribution in [0.5, 0.6) is 0 Å².